The second-order valence-corrected chi connectivity index (χ2v) is 7.36. The monoisotopic (exact) mass is 417 g/mol. The van der Waals surface area contributed by atoms with Gasteiger partial charge in [-0.25, -0.2) is 17.6 Å². The van der Waals surface area contributed by atoms with Crippen molar-refractivity contribution in [3.63, 3.8) is 0 Å². The summed E-state index contributed by atoms with van der Waals surface area (Å²) in [6, 6.07) is -0.196. The van der Waals surface area contributed by atoms with Crippen molar-refractivity contribution in [2.75, 3.05) is 6.61 Å². The Hall–Kier alpha value is -2.36. The molecule has 0 saturated heterocycles. The fourth-order valence-electron chi connectivity index (χ4n) is 3.52. The molecule has 3 rings (SSSR count). The lowest BCUT2D eigenvalue weighted by atomic mass is 9.95. The van der Waals surface area contributed by atoms with Gasteiger partial charge in [-0.15, -0.1) is 0 Å². The third kappa shape index (κ3) is 4.47. The highest BCUT2D eigenvalue weighted by molar-refractivity contribution is 5.78. The first-order valence-electron chi connectivity index (χ1n) is 9.42. The normalized spacial score (nSPS) is 20.7. The van der Waals surface area contributed by atoms with E-state index >= 15 is 0 Å². The predicted octanol–water partition coefficient (Wildman–Crippen LogP) is 3.36. The molecule has 0 aliphatic heterocycles. The number of carbonyl (C=O) groups is 1. The molecule has 6 nitrogen and oxygen atoms in total. The van der Waals surface area contributed by atoms with E-state index in [1.807, 2.05) is 6.92 Å². The first-order valence-corrected chi connectivity index (χ1v) is 9.42. The van der Waals surface area contributed by atoms with E-state index in [1.165, 1.54) is 14.0 Å². The number of halogens is 4. The first-order chi connectivity index (χ1) is 13.7. The molecule has 1 N–H and O–H groups in total. The standard InChI is InChI=1S/C19H23F4N3O3/c1-9(24-10(2)27)8-28-11-4-6-12(7-5-11)29-19-25-17-15(22)13(20)14(21)16(23)18(17)26(19)3/h9,11-12H,4-8H2,1-3H3,(H,24,27)/t9-,11?,12?/m0/s1. The number of hydrogen-bond donors (Lipinski definition) is 1. The summed E-state index contributed by atoms with van der Waals surface area (Å²) in [4.78, 5) is 14.8. The van der Waals surface area contributed by atoms with Gasteiger partial charge < -0.3 is 14.8 Å². The molecular formula is C19H23F4N3O3. The van der Waals surface area contributed by atoms with Crippen LogP contribution in [0.1, 0.15) is 39.5 Å². The van der Waals surface area contributed by atoms with E-state index in [2.05, 4.69) is 10.3 Å². The Balaban J connectivity index is 1.62. The number of aromatic nitrogens is 2. The average Bonchev–Trinajstić information content (AvgIpc) is 3.00. The fourth-order valence-corrected chi connectivity index (χ4v) is 3.52. The summed E-state index contributed by atoms with van der Waals surface area (Å²) in [7, 11) is 1.35. The zero-order valence-corrected chi connectivity index (χ0v) is 16.4. The molecule has 0 radical (unpaired) electrons. The van der Waals surface area contributed by atoms with E-state index in [1.54, 1.807) is 0 Å². The number of hydrogen-bond acceptors (Lipinski definition) is 4. The van der Waals surface area contributed by atoms with Crippen LogP contribution in [0, 0.1) is 23.3 Å². The lowest BCUT2D eigenvalue weighted by Crippen LogP contribution is -2.37. The minimum atomic E-state index is -1.90. The maximum Gasteiger partial charge on any atom is 0.297 e. The quantitative estimate of drug-likeness (QED) is 0.445. The Labute approximate surface area is 165 Å². The first kappa shape index (κ1) is 21.4. The summed E-state index contributed by atoms with van der Waals surface area (Å²) in [5.41, 5.74) is -1.09. The third-order valence-corrected chi connectivity index (χ3v) is 4.97. The Morgan fingerprint density at radius 1 is 1.10 bits per heavy atom. The number of nitrogens with one attached hydrogen (secondary N) is 1. The molecule has 1 saturated carbocycles. The van der Waals surface area contributed by atoms with Crippen LogP contribution in [0.3, 0.4) is 0 Å². The highest BCUT2D eigenvalue weighted by Gasteiger charge is 2.28. The van der Waals surface area contributed by atoms with Crippen LogP contribution in [-0.4, -0.2) is 40.3 Å². The van der Waals surface area contributed by atoms with Gasteiger partial charge in [0.15, 0.2) is 23.3 Å². The molecule has 1 aromatic heterocycles. The number of nitrogens with zero attached hydrogens (tertiary/aromatic N) is 2. The second-order valence-electron chi connectivity index (χ2n) is 7.36. The topological polar surface area (TPSA) is 65.4 Å². The molecule has 0 unspecified atom stereocenters. The van der Waals surface area contributed by atoms with Crippen molar-refractivity contribution in [1.82, 2.24) is 14.9 Å². The van der Waals surface area contributed by atoms with Crippen molar-refractivity contribution in [2.24, 2.45) is 7.05 Å². The van der Waals surface area contributed by atoms with Crippen LogP contribution in [0.5, 0.6) is 6.01 Å². The highest BCUT2D eigenvalue weighted by Crippen LogP contribution is 2.31. The van der Waals surface area contributed by atoms with Gasteiger partial charge in [0.25, 0.3) is 6.01 Å². The van der Waals surface area contributed by atoms with Crippen molar-refractivity contribution in [2.45, 2.75) is 57.8 Å². The van der Waals surface area contributed by atoms with Crippen LogP contribution >= 0.6 is 0 Å². The van der Waals surface area contributed by atoms with Crippen LogP contribution in [0.25, 0.3) is 11.0 Å². The molecule has 1 amide bonds. The van der Waals surface area contributed by atoms with Crippen molar-refractivity contribution in [3.8, 4) is 6.01 Å². The largest absolute Gasteiger partial charge is 0.461 e. The molecule has 1 aliphatic carbocycles. The molecule has 1 aromatic carbocycles. The van der Waals surface area contributed by atoms with Gasteiger partial charge in [-0.1, -0.05) is 0 Å². The van der Waals surface area contributed by atoms with Gasteiger partial charge in [0.05, 0.1) is 12.7 Å². The zero-order valence-electron chi connectivity index (χ0n) is 16.4. The van der Waals surface area contributed by atoms with Crippen molar-refractivity contribution in [3.05, 3.63) is 23.3 Å². The minimum absolute atomic E-state index is 0.0181. The lowest BCUT2D eigenvalue weighted by Gasteiger charge is -2.29. The van der Waals surface area contributed by atoms with Gasteiger partial charge in [0.2, 0.25) is 5.91 Å². The number of ether oxygens (including phenoxy) is 2. The summed E-state index contributed by atoms with van der Waals surface area (Å²) >= 11 is 0. The van der Waals surface area contributed by atoms with Gasteiger partial charge in [0, 0.05) is 20.0 Å². The third-order valence-electron chi connectivity index (χ3n) is 4.97. The van der Waals surface area contributed by atoms with E-state index < -0.39 is 34.3 Å². The summed E-state index contributed by atoms with van der Waals surface area (Å²) in [5, 5.41) is 2.75. The number of benzene rings is 1. The van der Waals surface area contributed by atoms with Gasteiger partial charge in [-0.2, -0.15) is 4.98 Å². The second kappa shape index (κ2) is 8.56. The maximum absolute atomic E-state index is 14.0. The van der Waals surface area contributed by atoms with Gasteiger partial charge in [0.1, 0.15) is 17.1 Å². The number of aryl methyl sites for hydroxylation is 1. The van der Waals surface area contributed by atoms with Crippen LogP contribution < -0.4 is 10.1 Å². The Kier molecular flexibility index (Phi) is 6.30. The lowest BCUT2D eigenvalue weighted by molar-refractivity contribution is -0.120. The summed E-state index contributed by atoms with van der Waals surface area (Å²) in [5.74, 6) is -6.95. The summed E-state index contributed by atoms with van der Waals surface area (Å²) in [6.07, 6.45) is 2.40. The van der Waals surface area contributed by atoms with Crippen LogP contribution in [0.15, 0.2) is 0 Å². The van der Waals surface area contributed by atoms with Crippen LogP contribution in [-0.2, 0) is 16.6 Å². The molecule has 1 heterocycles. The van der Waals surface area contributed by atoms with Crippen LogP contribution in [0.4, 0.5) is 17.6 Å². The predicted molar refractivity (Wildman–Crippen MR) is 96.4 cm³/mol. The van der Waals surface area contributed by atoms with E-state index in [0.717, 1.165) is 4.57 Å². The molecule has 29 heavy (non-hydrogen) atoms. The molecule has 160 valence electrons. The highest BCUT2D eigenvalue weighted by atomic mass is 19.2. The summed E-state index contributed by atoms with van der Waals surface area (Å²) in [6.45, 7) is 3.70. The van der Waals surface area contributed by atoms with E-state index in [9.17, 15) is 22.4 Å². The van der Waals surface area contributed by atoms with E-state index in [0.29, 0.717) is 32.3 Å². The van der Waals surface area contributed by atoms with Crippen molar-refractivity contribution >= 4 is 16.9 Å². The number of carbonyl (C=O) groups excluding carboxylic acids is 1. The Morgan fingerprint density at radius 2 is 1.69 bits per heavy atom. The molecule has 1 fully saturated rings. The van der Waals surface area contributed by atoms with Gasteiger partial charge in [-0.3, -0.25) is 9.36 Å². The molecule has 1 atom stereocenters. The van der Waals surface area contributed by atoms with Crippen molar-refractivity contribution in [1.29, 1.82) is 0 Å². The van der Waals surface area contributed by atoms with E-state index in [4.69, 9.17) is 9.47 Å². The Morgan fingerprint density at radius 3 is 2.31 bits per heavy atom. The molecule has 0 bridgehead atoms. The summed E-state index contributed by atoms with van der Waals surface area (Å²) < 4.78 is 67.5. The van der Waals surface area contributed by atoms with Gasteiger partial charge >= 0.3 is 0 Å². The minimum Gasteiger partial charge on any atom is -0.461 e. The number of rotatable bonds is 6. The molecule has 0 spiro atoms. The zero-order chi connectivity index (χ0) is 21.3. The SMILES string of the molecule is CC(=O)N[C@@H](C)COC1CCC(Oc2nc3c(F)c(F)c(F)c(F)c3n2C)CC1. The molecular weight excluding hydrogens is 394 g/mol. The molecule has 10 heteroatoms. The van der Waals surface area contributed by atoms with Gasteiger partial charge in [-0.05, 0) is 32.6 Å². The van der Waals surface area contributed by atoms with E-state index in [-0.39, 0.29) is 30.2 Å². The molecule has 1 aliphatic rings. The Bertz CT molecular complexity index is 910. The number of fused-ring (bicyclic) bond motifs is 1. The van der Waals surface area contributed by atoms with Crippen molar-refractivity contribution < 1.29 is 31.8 Å². The fraction of sp³-hybridized carbons (Fsp3) is 0.579. The smallest absolute Gasteiger partial charge is 0.297 e. The average molecular weight is 417 g/mol. The maximum atomic E-state index is 14.0. The van der Waals surface area contributed by atoms with Crippen LogP contribution in [0.2, 0.25) is 0 Å². The molecule has 2 aromatic rings. The number of amides is 1. The number of imidazole rings is 1.